The minimum absolute atomic E-state index is 0.314. The van der Waals surface area contributed by atoms with Gasteiger partial charge < -0.3 is 24.6 Å². The first-order chi connectivity index (χ1) is 13.6. The van der Waals surface area contributed by atoms with Gasteiger partial charge in [-0.1, -0.05) is 6.07 Å². The van der Waals surface area contributed by atoms with Crippen LogP contribution in [0.4, 0.5) is 5.69 Å². The molecule has 1 unspecified atom stereocenters. The zero-order chi connectivity index (χ0) is 19.9. The predicted molar refractivity (Wildman–Crippen MR) is 115 cm³/mol. The summed E-state index contributed by atoms with van der Waals surface area (Å²) in [6, 6.07) is 6.61. The van der Waals surface area contributed by atoms with E-state index in [9.17, 15) is 0 Å². The number of aryl methyl sites for hydroxylation is 1. The number of rotatable bonds is 6. The molecule has 2 aliphatic rings. The summed E-state index contributed by atoms with van der Waals surface area (Å²) in [7, 11) is 6.01. The van der Waals surface area contributed by atoms with Gasteiger partial charge in [0.05, 0.1) is 18.8 Å². The quantitative estimate of drug-likeness (QED) is 0.600. The average Bonchev–Trinajstić information content (AvgIpc) is 3.22. The van der Waals surface area contributed by atoms with Crippen LogP contribution in [0.25, 0.3) is 0 Å². The van der Waals surface area contributed by atoms with Gasteiger partial charge in [-0.05, 0) is 55.9 Å². The number of hydrogen-bond acceptors (Lipinski definition) is 4. The minimum Gasteiger partial charge on any atom is -0.378 e. The van der Waals surface area contributed by atoms with E-state index in [1.54, 1.807) is 0 Å². The molecule has 156 valence electrons. The molecule has 3 rings (SSSR count). The van der Waals surface area contributed by atoms with Gasteiger partial charge in [-0.25, -0.2) is 0 Å². The maximum Gasteiger partial charge on any atom is 0.193 e. The van der Waals surface area contributed by atoms with Gasteiger partial charge in [0, 0.05) is 53.1 Å². The molecule has 2 saturated heterocycles. The largest absolute Gasteiger partial charge is 0.378 e. The summed E-state index contributed by atoms with van der Waals surface area (Å²) in [5.41, 5.74) is 3.84. The second-order valence-electron chi connectivity index (χ2n) is 8.06. The third-order valence-electron chi connectivity index (χ3n) is 5.77. The van der Waals surface area contributed by atoms with Crippen LogP contribution < -0.4 is 10.2 Å². The van der Waals surface area contributed by atoms with E-state index in [0.29, 0.717) is 12.2 Å². The number of piperidine rings is 1. The highest BCUT2D eigenvalue weighted by Crippen LogP contribution is 2.19. The fraction of sp³-hybridized carbons (Fsp3) is 0.682. The van der Waals surface area contributed by atoms with Crippen molar-refractivity contribution in [2.45, 2.75) is 51.4 Å². The van der Waals surface area contributed by atoms with Crippen LogP contribution in [0.2, 0.25) is 0 Å². The highest BCUT2D eigenvalue weighted by atomic mass is 16.5. The second-order valence-corrected chi connectivity index (χ2v) is 8.06. The van der Waals surface area contributed by atoms with Crippen LogP contribution in [0.3, 0.4) is 0 Å². The lowest BCUT2D eigenvalue weighted by atomic mass is 10.1. The van der Waals surface area contributed by atoms with E-state index in [0.717, 1.165) is 58.1 Å². The first-order valence-corrected chi connectivity index (χ1v) is 10.5. The summed E-state index contributed by atoms with van der Waals surface area (Å²) >= 11 is 0. The first kappa shape index (κ1) is 20.9. The summed E-state index contributed by atoms with van der Waals surface area (Å²) in [6.45, 7) is 6.57. The molecular weight excluding hydrogens is 352 g/mol. The van der Waals surface area contributed by atoms with Crippen molar-refractivity contribution in [1.82, 2.24) is 10.2 Å². The minimum atomic E-state index is 0.314. The highest BCUT2D eigenvalue weighted by Gasteiger charge is 2.24. The number of hydrogen-bond donors (Lipinski definition) is 1. The average molecular weight is 389 g/mol. The van der Waals surface area contributed by atoms with Crippen LogP contribution in [0.15, 0.2) is 23.2 Å². The summed E-state index contributed by atoms with van der Waals surface area (Å²) in [5.74, 6) is 0.980. The Morgan fingerprint density at radius 2 is 2.07 bits per heavy atom. The standard InChI is InChI=1S/C22H36N4O2/c1-17-14-19(25(3)4)8-7-18(17)15-24-22(23-2)26-11-9-20(10-12-26)28-16-21-6-5-13-27-21/h7-8,14,20-21H,5-6,9-13,15-16H2,1-4H3,(H,23,24). The molecule has 0 spiro atoms. The topological polar surface area (TPSA) is 49.3 Å². The third kappa shape index (κ3) is 5.61. The Bertz CT molecular complexity index is 648. The van der Waals surface area contributed by atoms with Crippen molar-refractivity contribution in [1.29, 1.82) is 0 Å². The Hall–Kier alpha value is -1.79. The predicted octanol–water partition coefficient (Wildman–Crippen LogP) is 2.80. The second kappa shape index (κ2) is 10.1. The highest BCUT2D eigenvalue weighted by molar-refractivity contribution is 5.80. The van der Waals surface area contributed by atoms with Crippen molar-refractivity contribution in [3.05, 3.63) is 29.3 Å². The number of likely N-dealkylation sites (tertiary alicyclic amines) is 1. The molecule has 0 radical (unpaired) electrons. The van der Waals surface area contributed by atoms with E-state index in [1.165, 1.54) is 23.2 Å². The van der Waals surface area contributed by atoms with Crippen molar-refractivity contribution in [3.63, 3.8) is 0 Å². The van der Waals surface area contributed by atoms with Crippen molar-refractivity contribution in [3.8, 4) is 0 Å². The van der Waals surface area contributed by atoms with Crippen LogP contribution in [-0.4, -0.2) is 70.5 Å². The number of guanidine groups is 1. The zero-order valence-electron chi connectivity index (χ0n) is 17.9. The van der Waals surface area contributed by atoms with Crippen molar-refractivity contribution in [2.75, 3.05) is 52.3 Å². The summed E-state index contributed by atoms with van der Waals surface area (Å²) in [4.78, 5) is 8.97. The number of benzene rings is 1. The number of aliphatic imine (C=N–C) groups is 1. The SMILES string of the molecule is CN=C(NCc1ccc(N(C)C)cc1C)N1CCC(OCC2CCCO2)CC1. The summed E-state index contributed by atoms with van der Waals surface area (Å²) in [5, 5.41) is 3.54. The monoisotopic (exact) mass is 388 g/mol. The van der Waals surface area contributed by atoms with Gasteiger partial charge in [-0.15, -0.1) is 0 Å². The first-order valence-electron chi connectivity index (χ1n) is 10.5. The van der Waals surface area contributed by atoms with Crippen LogP contribution >= 0.6 is 0 Å². The lowest BCUT2D eigenvalue weighted by Crippen LogP contribution is -2.47. The molecule has 0 bridgehead atoms. The van der Waals surface area contributed by atoms with Crippen LogP contribution in [0.5, 0.6) is 0 Å². The molecule has 6 nitrogen and oxygen atoms in total. The molecule has 0 amide bonds. The zero-order valence-corrected chi connectivity index (χ0v) is 17.9. The molecule has 2 heterocycles. The fourth-order valence-corrected chi connectivity index (χ4v) is 3.92. The number of nitrogens with zero attached hydrogens (tertiary/aromatic N) is 3. The van der Waals surface area contributed by atoms with Gasteiger partial charge in [-0.3, -0.25) is 4.99 Å². The van der Waals surface area contributed by atoms with Gasteiger partial charge in [0.1, 0.15) is 0 Å². The molecular formula is C22H36N4O2. The van der Waals surface area contributed by atoms with E-state index < -0.39 is 0 Å². The van der Waals surface area contributed by atoms with Gasteiger partial charge in [0.2, 0.25) is 0 Å². The third-order valence-corrected chi connectivity index (χ3v) is 5.77. The fourth-order valence-electron chi connectivity index (χ4n) is 3.92. The van der Waals surface area contributed by atoms with E-state index in [1.807, 2.05) is 7.05 Å². The van der Waals surface area contributed by atoms with Crippen molar-refractivity contribution in [2.24, 2.45) is 4.99 Å². The Morgan fingerprint density at radius 1 is 1.29 bits per heavy atom. The number of nitrogens with one attached hydrogen (secondary N) is 1. The van der Waals surface area contributed by atoms with E-state index in [4.69, 9.17) is 9.47 Å². The lowest BCUT2D eigenvalue weighted by molar-refractivity contribution is -0.0367. The Morgan fingerprint density at radius 3 is 2.68 bits per heavy atom. The molecule has 1 atom stereocenters. The van der Waals surface area contributed by atoms with Crippen LogP contribution in [0.1, 0.15) is 36.8 Å². The van der Waals surface area contributed by atoms with Gasteiger partial charge >= 0.3 is 0 Å². The molecule has 2 fully saturated rings. The molecule has 1 N–H and O–H groups in total. The maximum absolute atomic E-state index is 6.09. The van der Waals surface area contributed by atoms with Gasteiger partial charge in [-0.2, -0.15) is 0 Å². The van der Waals surface area contributed by atoms with E-state index in [2.05, 4.69) is 59.3 Å². The van der Waals surface area contributed by atoms with Gasteiger partial charge in [0.25, 0.3) is 0 Å². The molecule has 1 aromatic carbocycles. The Labute approximate surface area is 169 Å². The van der Waals surface area contributed by atoms with Gasteiger partial charge in [0.15, 0.2) is 5.96 Å². The number of anilines is 1. The summed E-state index contributed by atoms with van der Waals surface area (Å²) < 4.78 is 11.7. The molecule has 0 saturated carbocycles. The van der Waals surface area contributed by atoms with Crippen LogP contribution in [0, 0.1) is 6.92 Å². The molecule has 0 aliphatic carbocycles. The molecule has 28 heavy (non-hydrogen) atoms. The van der Waals surface area contributed by atoms with E-state index in [-0.39, 0.29) is 0 Å². The Kier molecular flexibility index (Phi) is 7.57. The lowest BCUT2D eigenvalue weighted by Gasteiger charge is -2.34. The van der Waals surface area contributed by atoms with E-state index >= 15 is 0 Å². The Balaban J connectivity index is 1.44. The molecule has 2 aliphatic heterocycles. The number of ether oxygens (including phenoxy) is 2. The van der Waals surface area contributed by atoms with Crippen molar-refractivity contribution < 1.29 is 9.47 Å². The van der Waals surface area contributed by atoms with Crippen LogP contribution in [-0.2, 0) is 16.0 Å². The molecule has 6 heteroatoms. The summed E-state index contributed by atoms with van der Waals surface area (Å²) in [6.07, 6.45) is 5.07. The molecule has 0 aromatic heterocycles. The maximum atomic E-state index is 6.09. The smallest absolute Gasteiger partial charge is 0.193 e. The normalized spacial score (nSPS) is 21.2. The van der Waals surface area contributed by atoms with Crippen molar-refractivity contribution >= 4 is 11.6 Å². The molecule has 1 aromatic rings.